The number of rotatable bonds is 4. The lowest BCUT2D eigenvalue weighted by atomic mass is 10.4. The molecule has 0 aliphatic carbocycles. The molecule has 0 N–H and O–H groups in total. The third kappa shape index (κ3) is 3.29. The third-order valence-corrected chi connectivity index (χ3v) is 4.41. The molecule has 0 unspecified atom stereocenters. The number of benzene rings is 1. The lowest BCUT2D eigenvalue weighted by Crippen LogP contribution is -2.06. The van der Waals surface area contributed by atoms with Crippen molar-refractivity contribution in [2.24, 2.45) is 0 Å². The van der Waals surface area contributed by atoms with Crippen molar-refractivity contribution in [1.82, 2.24) is 0 Å². The average Bonchev–Trinajstić information content (AvgIpc) is 2.16. The minimum Gasteiger partial charge on any atom is -0.224 e. The molecule has 0 heterocycles. The third-order valence-electron chi connectivity index (χ3n) is 1.74. The Balaban J connectivity index is 2.87. The zero-order valence-electron chi connectivity index (χ0n) is 7.48. The van der Waals surface area contributed by atoms with Gasteiger partial charge in [0, 0.05) is 4.47 Å². The van der Waals surface area contributed by atoms with Crippen LogP contribution in [-0.2, 0) is 9.84 Å². The van der Waals surface area contributed by atoms with Crippen molar-refractivity contribution < 1.29 is 8.42 Å². The van der Waals surface area contributed by atoms with E-state index in [1.54, 1.807) is 24.3 Å². The van der Waals surface area contributed by atoms with Gasteiger partial charge in [0.1, 0.15) is 0 Å². The molecule has 0 radical (unpaired) electrons. The van der Waals surface area contributed by atoms with Crippen LogP contribution in [0.3, 0.4) is 0 Å². The number of sulfone groups is 1. The van der Waals surface area contributed by atoms with Crippen LogP contribution in [0.1, 0.15) is 6.42 Å². The van der Waals surface area contributed by atoms with Crippen LogP contribution in [0.2, 0.25) is 0 Å². The first kappa shape index (κ1) is 12.1. The molecule has 2 nitrogen and oxygen atoms in total. The largest absolute Gasteiger partial charge is 0.224 e. The molecule has 0 amide bonds. The van der Waals surface area contributed by atoms with E-state index in [2.05, 4.69) is 28.6 Å². The summed E-state index contributed by atoms with van der Waals surface area (Å²) in [7, 11) is -3.11. The molecule has 0 atom stereocenters. The summed E-state index contributed by atoms with van der Waals surface area (Å²) < 4.78 is 24.2. The van der Waals surface area contributed by atoms with Gasteiger partial charge in [0.25, 0.3) is 0 Å². The number of thiol groups is 1. The number of hydrogen-bond donors (Lipinski definition) is 1. The van der Waals surface area contributed by atoms with E-state index in [-0.39, 0.29) is 5.75 Å². The van der Waals surface area contributed by atoms with Crippen LogP contribution in [0.25, 0.3) is 0 Å². The fourth-order valence-corrected chi connectivity index (χ4v) is 2.96. The topological polar surface area (TPSA) is 34.1 Å². The molecule has 0 fully saturated rings. The van der Waals surface area contributed by atoms with Crippen molar-refractivity contribution in [2.45, 2.75) is 11.3 Å². The lowest BCUT2D eigenvalue weighted by Gasteiger charge is -2.02. The summed E-state index contributed by atoms with van der Waals surface area (Å²) in [6, 6.07) is 6.68. The highest BCUT2D eigenvalue weighted by Crippen LogP contribution is 2.16. The monoisotopic (exact) mass is 294 g/mol. The molecule has 1 aromatic carbocycles. The van der Waals surface area contributed by atoms with Crippen LogP contribution in [0.15, 0.2) is 33.6 Å². The van der Waals surface area contributed by atoms with E-state index in [9.17, 15) is 8.42 Å². The summed E-state index contributed by atoms with van der Waals surface area (Å²) in [5.74, 6) is 0.758. The van der Waals surface area contributed by atoms with Crippen molar-refractivity contribution in [3.8, 4) is 0 Å². The van der Waals surface area contributed by atoms with Crippen LogP contribution in [0.5, 0.6) is 0 Å². The van der Waals surface area contributed by atoms with Gasteiger partial charge in [-0.2, -0.15) is 12.6 Å². The Bertz CT molecular complexity index is 384. The second-order valence-corrected chi connectivity index (χ2v) is 6.32. The molecule has 0 aliphatic heterocycles. The van der Waals surface area contributed by atoms with Gasteiger partial charge in [-0.25, -0.2) is 8.42 Å². The zero-order chi connectivity index (χ0) is 10.6. The molecule has 1 aromatic rings. The lowest BCUT2D eigenvalue weighted by molar-refractivity contribution is 0.595. The van der Waals surface area contributed by atoms with Crippen molar-refractivity contribution in [2.75, 3.05) is 11.5 Å². The molecule has 5 heteroatoms. The van der Waals surface area contributed by atoms with Crippen LogP contribution >= 0.6 is 28.6 Å². The Morgan fingerprint density at radius 2 is 1.79 bits per heavy atom. The maximum absolute atomic E-state index is 11.7. The van der Waals surface area contributed by atoms with E-state index in [0.717, 1.165) is 4.47 Å². The maximum atomic E-state index is 11.7. The van der Waals surface area contributed by atoms with Gasteiger partial charge in [0.2, 0.25) is 0 Å². The predicted molar refractivity (Wildman–Crippen MR) is 64.7 cm³/mol. The quantitative estimate of drug-likeness (QED) is 0.866. The second kappa shape index (κ2) is 5.19. The Labute approximate surface area is 98.2 Å². The molecule has 0 bridgehead atoms. The summed E-state index contributed by atoms with van der Waals surface area (Å²) in [5, 5.41) is 0. The standard InChI is InChI=1S/C9H11BrO2S2/c10-8-2-4-9(5-3-8)14(11,12)7-1-6-13/h2-5,13H,1,6-7H2. The molecular weight excluding hydrogens is 284 g/mol. The summed E-state index contributed by atoms with van der Waals surface area (Å²) >= 11 is 7.25. The molecule has 14 heavy (non-hydrogen) atoms. The van der Waals surface area contributed by atoms with Gasteiger partial charge in [0.15, 0.2) is 9.84 Å². The van der Waals surface area contributed by atoms with Crippen LogP contribution in [-0.4, -0.2) is 19.9 Å². The maximum Gasteiger partial charge on any atom is 0.178 e. The molecule has 0 saturated carbocycles. The summed E-state index contributed by atoms with van der Waals surface area (Å²) in [4.78, 5) is 0.377. The van der Waals surface area contributed by atoms with Gasteiger partial charge >= 0.3 is 0 Å². The highest BCUT2D eigenvalue weighted by molar-refractivity contribution is 9.10. The normalized spacial score (nSPS) is 11.6. The highest BCUT2D eigenvalue weighted by atomic mass is 79.9. The SMILES string of the molecule is O=S(=O)(CCCS)c1ccc(Br)cc1. The number of halogens is 1. The van der Waals surface area contributed by atoms with E-state index in [0.29, 0.717) is 17.1 Å². The number of hydrogen-bond acceptors (Lipinski definition) is 3. The summed E-state index contributed by atoms with van der Waals surface area (Å²) in [6.45, 7) is 0. The van der Waals surface area contributed by atoms with Crippen LogP contribution in [0, 0.1) is 0 Å². The minimum absolute atomic E-state index is 0.165. The summed E-state index contributed by atoms with van der Waals surface area (Å²) in [5.41, 5.74) is 0. The van der Waals surface area contributed by atoms with E-state index in [4.69, 9.17) is 0 Å². The average molecular weight is 295 g/mol. The van der Waals surface area contributed by atoms with E-state index in [1.165, 1.54) is 0 Å². The minimum atomic E-state index is -3.11. The van der Waals surface area contributed by atoms with Crippen molar-refractivity contribution in [3.63, 3.8) is 0 Å². The first-order valence-corrected chi connectivity index (χ1v) is 7.23. The van der Waals surface area contributed by atoms with Crippen LogP contribution < -0.4 is 0 Å². The highest BCUT2D eigenvalue weighted by Gasteiger charge is 2.12. The fourth-order valence-electron chi connectivity index (χ4n) is 1.01. The van der Waals surface area contributed by atoms with Gasteiger partial charge in [-0.15, -0.1) is 0 Å². The van der Waals surface area contributed by atoms with Crippen LogP contribution in [0.4, 0.5) is 0 Å². The Morgan fingerprint density at radius 3 is 2.29 bits per heavy atom. The molecular formula is C9H11BrO2S2. The predicted octanol–water partition coefficient (Wildman–Crippen LogP) is 2.54. The van der Waals surface area contributed by atoms with E-state index >= 15 is 0 Å². The first-order valence-electron chi connectivity index (χ1n) is 4.15. The van der Waals surface area contributed by atoms with Gasteiger partial charge in [-0.3, -0.25) is 0 Å². The second-order valence-electron chi connectivity index (χ2n) is 2.85. The van der Waals surface area contributed by atoms with Gasteiger partial charge in [-0.05, 0) is 36.4 Å². The molecule has 0 aromatic heterocycles. The van der Waals surface area contributed by atoms with E-state index < -0.39 is 9.84 Å². The van der Waals surface area contributed by atoms with E-state index in [1.807, 2.05) is 0 Å². The summed E-state index contributed by atoms with van der Waals surface area (Å²) in [6.07, 6.45) is 0.585. The Hall–Kier alpha value is -0.000000000000000111. The fraction of sp³-hybridized carbons (Fsp3) is 0.333. The molecule has 1 rings (SSSR count). The van der Waals surface area contributed by atoms with Crippen molar-refractivity contribution >= 4 is 38.4 Å². The first-order chi connectivity index (χ1) is 6.56. The van der Waals surface area contributed by atoms with Gasteiger partial charge < -0.3 is 0 Å². The molecule has 0 saturated heterocycles. The zero-order valence-corrected chi connectivity index (χ0v) is 10.8. The van der Waals surface area contributed by atoms with Crippen molar-refractivity contribution in [1.29, 1.82) is 0 Å². The van der Waals surface area contributed by atoms with Gasteiger partial charge in [0.05, 0.1) is 10.6 Å². The smallest absolute Gasteiger partial charge is 0.178 e. The molecule has 0 spiro atoms. The molecule has 78 valence electrons. The molecule has 0 aliphatic rings. The Morgan fingerprint density at radius 1 is 1.21 bits per heavy atom. The van der Waals surface area contributed by atoms with Crippen molar-refractivity contribution in [3.05, 3.63) is 28.7 Å². The Kier molecular flexibility index (Phi) is 4.47. The van der Waals surface area contributed by atoms with Gasteiger partial charge in [-0.1, -0.05) is 15.9 Å².